The summed E-state index contributed by atoms with van der Waals surface area (Å²) in [5, 5.41) is 19.4. The van der Waals surface area contributed by atoms with Crippen molar-refractivity contribution < 1.29 is 14.6 Å². The lowest BCUT2D eigenvalue weighted by Gasteiger charge is -2.43. The molecule has 1 unspecified atom stereocenters. The van der Waals surface area contributed by atoms with E-state index in [9.17, 15) is 15.2 Å². The summed E-state index contributed by atoms with van der Waals surface area (Å²) in [6, 6.07) is 8.94. The molecule has 1 aromatic carbocycles. The topological polar surface area (TPSA) is 73.6 Å². The molecule has 5 heteroatoms. The van der Waals surface area contributed by atoms with Crippen molar-refractivity contribution >= 4 is 5.91 Å². The zero-order chi connectivity index (χ0) is 14.8. The minimum absolute atomic E-state index is 0.459. The molecule has 2 rings (SSSR count). The maximum absolute atomic E-state index is 12.3. The van der Waals surface area contributed by atoms with Crippen molar-refractivity contribution in [3.05, 3.63) is 29.8 Å². The number of hydrogen-bond acceptors (Lipinski definition) is 4. The van der Waals surface area contributed by atoms with Crippen molar-refractivity contribution in [2.45, 2.75) is 30.9 Å². The summed E-state index contributed by atoms with van der Waals surface area (Å²) in [6.07, 6.45) is 0.981. The molecule has 1 atom stereocenters. The predicted molar refractivity (Wildman–Crippen MR) is 72.9 cm³/mol. The molecule has 1 N–H and O–H groups in total. The Hall–Kier alpha value is -2.06. The maximum Gasteiger partial charge on any atom is 0.257 e. The zero-order valence-electron chi connectivity index (χ0n) is 11.7. The van der Waals surface area contributed by atoms with Crippen LogP contribution in [0.25, 0.3) is 0 Å². The number of benzene rings is 1. The molecule has 0 radical (unpaired) electrons. The van der Waals surface area contributed by atoms with Crippen LogP contribution in [-0.2, 0) is 4.79 Å². The van der Waals surface area contributed by atoms with Crippen LogP contribution in [0.1, 0.15) is 30.9 Å². The molecule has 0 bridgehead atoms. The molecule has 0 saturated heterocycles. The number of rotatable bonds is 4. The third kappa shape index (κ3) is 2.35. The Bertz CT molecular complexity index is 546. The highest BCUT2D eigenvalue weighted by Crippen LogP contribution is 2.37. The first-order valence-corrected chi connectivity index (χ1v) is 6.55. The Morgan fingerprint density at radius 3 is 2.75 bits per heavy atom. The fourth-order valence-electron chi connectivity index (χ4n) is 2.38. The van der Waals surface area contributed by atoms with Gasteiger partial charge in [-0.05, 0) is 37.0 Å². The second-order valence-corrected chi connectivity index (χ2v) is 5.07. The van der Waals surface area contributed by atoms with E-state index in [4.69, 9.17) is 4.74 Å². The van der Waals surface area contributed by atoms with E-state index in [-0.39, 0.29) is 0 Å². The van der Waals surface area contributed by atoms with Crippen LogP contribution in [0.3, 0.4) is 0 Å². The van der Waals surface area contributed by atoms with Gasteiger partial charge in [-0.1, -0.05) is 12.1 Å². The van der Waals surface area contributed by atoms with Crippen molar-refractivity contribution in [2.24, 2.45) is 0 Å². The molecule has 0 aliphatic heterocycles. The Balaban J connectivity index is 2.18. The first kappa shape index (κ1) is 14.4. The van der Waals surface area contributed by atoms with E-state index in [1.54, 1.807) is 31.3 Å². The largest absolute Gasteiger partial charge is 0.497 e. The van der Waals surface area contributed by atoms with Crippen LogP contribution in [0.4, 0.5) is 0 Å². The number of hydrogen-bond donors (Lipinski definition) is 1. The van der Waals surface area contributed by atoms with Crippen molar-refractivity contribution in [1.29, 1.82) is 5.26 Å². The molecular formula is C15H18N2O3. The van der Waals surface area contributed by atoms with Crippen LogP contribution >= 0.6 is 0 Å². The van der Waals surface area contributed by atoms with Gasteiger partial charge in [0.15, 0.2) is 6.10 Å². The standard InChI is InChI=1S/C15H18N2O3/c1-17(15(10-16)7-4-8-15)14(19)13(18)11-5-3-6-12(9-11)20-2/h3,5-6,9,13,18H,4,7-8H2,1-2H3. The van der Waals surface area contributed by atoms with Gasteiger partial charge in [-0.3, -0.25) is 4.79 Å². The normalized spacial score (nSPS) is 17.5. The van der Waals surface area contributed by atoms with Crippen LogP contribution in [0.15, 0.2) is 24.3 Å². The number of carbonyl (C=O) groups excluding carboxylic acids is 1. The second-order valence-electron chi connectivity index (χ2n) is 5.07. The molecule has 1 saturated carbocycles. The second kappa shape index (κ2) is 5.51. The summed E-state index contributed by atoms with van der Waals surface area (Å²) in [4.78, 5) is 13.7. The minimum atomic E-state index is -1.28. The van der Waals surface area contributed by atoms with Crippen LogP contribution < -0.4 is 4.74 Å². The number of nitriles is 1. The van der Waals surface area contributed by atoms with Gasteiger partial charge in [0.05, 0.1) is 13.2 Å². The number of amides is 1. The molecule has 0 spiro atoms. The Morgan fingerprint density at radius 1 is 1.55 bits per heavy atom. The van der Waals surface area contributed by atoms with Gasteiger partial charge in [0, 0.05) is 7.05 Å². The molecule has 1 aliphatic rings. The SMILES string of the molecule is COc1cccc(C(O)C(=O)N(C)C2(C#N)CCC2)c1. The number of aliphatic hydroxyl groups is 1. The average molecular weight is 274 g/mol. The molecule has 106 valence electrons. The molecule has 0 heterocycles. The third-order valence-corrected chi connectivity index (χ3v) is 4.00. The van der Waals surface area contributed by atoms with Gasteiger partial charge in [-0.2, -0.15) is 5.26 Å². The van der Waals surface area contributed by atoms with Crippen molar-refractivity contribution in [3.8, 4) is 11.8 Å². The molecule has 1 amide bonds. The lowest BCUT2D eigenvalue weighted by Crippen LogP contribution is -2.54. The van der Waals surface area contributed by atoms with Gasteiger partial charge in [0.2, 0.25) is 0 Å². The van der Waals surface area contributed by atoms with Crippen LogP contribution in [-0.4, -0.2) is 35.6 Å². The van der Waals surface area contributed by atoms with E-state index in [2.05, 4.69) is 6.07 Å². The summed E-state index contributed by atoms with van der Waals surface area (Å²) in [5.74, 6) is 0.121. The molecule has 20 heavy (non-hydrogen) atoms. The summed E-state index contributed by atoms with van der Waals surface area (Å²) in [6.45, 7) is 0. The molecule has 1 aromatic rings. The molecule has 1 aliphatic carbocycles. The van der Waals surface area contributed by atoms with Gasteiger partial charge >= 0.3 is 0 Å². The first-order chi connectivity index (χ1) is 9.54. The lowest BCUT2D eigenvalue weighted by molar-refractivity contribution is -0.145. The number of methoxy groups -OCH3 is 1. The molecule has 1 fully saturated rings. The number of nitrogens with zero attached hydrogens (tertiary/aromatic N) is 2. The van der Waals surface area contributed by atoms with E-state index in [1.807, 2.05) is 0 Å². The number of carbonyl (C=O) groups is 1. The van der Waals surface area contributed by atoms with E-state index in [0.29, 0.717) is 24.2 Å². The Labute approximate surface area is 118 Å². The molecular weight excluding hydrogens is 256 g/mol. The number of aliphatic hydroxyl groups excluding tert-OH is 1. The Kier molecular flexibility index (Phi) is 3.96. The van der Waals surface area contributed by atoms with Gasteiger partial charge < -0.3 is 14.7 Å². The van der Waals surface area contributed by atoms with Crippen molar-refractivity contribution in [1.82, 2.24) is 4.90 Å². The monoisotopic (exact) mass is 274 g/mol. The Morgan fingerprint density at radius 2 is 2.25 bits per heavy atom. The summed E-state index contributed by atoms with van der Waals surface area (Å²) in [7, 11) is 3.10. The summed E-state index contributed by atoms with van der Waals surface area (Å²) < 4.78 is 5.08. The van der Waals surface area contributed by atoms with E-state index >= 15 is 0 Å². The fraction of sp³-hybridized carbons (Fsp3) is 0.467. The van der Waals surface area contributed by atoms with Gasteiger partial charge in [-0.25, -0.2) is 0 Å². The van der Waals surface area contributed by atoms with E-state index in [1.165, 1.54) is 12.0 Å². The van der Waals surface area contributed by atoms with Gasteiger partial charge in [0.25, 0.3) is 5.91 Å². The average Bonchev–Trinajstić information content (AvgIpc) is 2.45. The third-order valence-electron chi connectivity index (χ3n) is 4.00. The maximum atomic E-state index is 12.3. The minimum Gasteiger partial charge on any atom is -0.497 e. The van der Waals surface area contributed by atoms with Crippen LogP contribution in [0.2, 0.25) is 0 Å². The highest BCUT2D eigenvalue weighted by molar-refractivity contribution is 5.83. The highest BCUT2D eigenvalue weighted by Gasteiger charge is 2.44. The van der Waals surface area contributed by atoms with Crippen molar-refractivity contribution in [2.75, 3.05) is 14.2 Å². The first-order valence-electron chi connectivity index (χ1n) is 6.55. The quantitative estimate of drug-likeness (QED) is 0.905. The summed E-state index contributed by atoms with van der Waals surface area (Å²) >= 11 is 0. The summed E-state index contributed by atoms with van der Waals surface area (Å²) in [5.41, 5.74) is -0.287. The van der Waals surface area contributed by atoms with Crippen molar-refractivity contribution in [3.63, 3.8) is 0 Å². The van der Waals surface area contributed by atoms with Gasteiger partial charge in [0.1, 0.15) is 11.3 Å². The van der Waals surface area contributed by atoms with Crippen LogP contribution in [0.5, 0.6) is 5.75 Å². The highest BCUT2D eigenvalue weighted by atomic mass is 16.5. The molecule has 5 nitrogen and oxygen atoms in total. The molecule has 0 aromatic heterocycles. The zero-order valence-corrected chi connectivity index (χ0v) is 11.7. The van der Waals surface area contributed by atoms with E-state index < -0.39 is 17.6 Å². The number of likely N-dealkylation sites (N-methyl/N-ethyl adjacent to an activating group) is 1. The van der Waals surface area contributed by atoms with Gasteiger partial charge in [-0.15, -0.1) is 0 Å². The smallest absolute Gasteiger partial charge is 0.257 e. The number of ether oxygens (including phenoxy) is 1. The lowest BCUT2D eigenvalue weighted by atomic mass is 9.76. The predicted octanol–water partition coefficient (Wildman–Crippen LogP) is 1.63. The van der Waals surface area contributed by atoms with E-state index in [0.717, 1.165) is 6.42 Å². The fourth-order valence-corrected chi connectivity index (χ4v) is 2.38. The van der Waals surface area contributed by atoms with Crippen LogP contribution in [0, 0.1) is 11.3 Å².